The van der Waals surface area contributed by atoms with Gasteiger partial charge >= 0.3 is 0 Å². The van der Waals surface area contributed by atoms with E-state index in [1.54, 1.807) is 18.2 Å². The molecule has 1 aromatic heterocycles. The lowest BCUT2D eigenvalue weighted by Gasteiger charge is -2.03. The fourth-order valence-electron chi connectivity index (χ4n) is 1.57. The van der Waals surface area contributed by atoms with Crippen molar-refractivity contribution in [3.05, 3.63) is 59.7 Å². The first kappa shape index (κ1) is 12.2. The van der Waals surface area contributed by atoms with Crippen molar-refractivity contribution < 1.29 is 13.9 Å². The highest BCUT2D eigenvalue weighted by Gasteiger charge is 2.08. The molecule has 18 heavy (non-hydrogen) atoms. The van der Waals surface area contributed by atoms with Gasteiger partial charge in [-0.2, -0.15) is 0 Å². The van der Waals surface area contributed by atoms with Gasteiger partial charge in [0.15, 0.2) is 5.78 Å². The van der Waals surface area contributed by atoms with E-state index in [0.717, 1.165) is 5.56 Å². The van der Waals surface area contributed by atoms with Gasteiger partial charge in [0.25, 0.3) is 0 Å². The molecule has 2 aromatic rings. The van der Waals surface area contributed by atoms with Crippen LogP contribution in [0.2, 0.25) is 0 Å². The van der Waals surface area contributed by atoms with Crippen LogP contribution in [-0.2, 0) is 6.42 Å². The SMILES string of the molecule is COc1cncc(C(=O)Cc2ccc(F)cc2)c1. The zero-order valence-corrected chi connectivity index (χ0v) is 9.89. The van der Waals surface area contributed by atoms with E-state index in [4.69, 9.17) is 4.74 Å². The zero-order valence-electron chi connectivity index (χ0n) is 9.89. The third kappa shape index (κ3) is 2.91. The van der Waals surface area contributed by atoms with Gasteiger partial charge in [0, 0.05) is 18.2 Å². The maximum atomic E-state index is 12.7. The smallest absolute Gasteiger partial charge is 0.168 e. The highest BCUT2D eigenvalue weighted by Crippen LogP contribution is 2.13. The Hall–Kier alpha value is -2.23. The van der Waals surface area contributed by atoms with E-state index in [-0.39, 0.29) is 18.0 Å². The van der Waals surface area contributed by atoms with Crippen LogP contribution in [-0.4, -0.2) is 17.9 Å². The number of ether oxygens (including phenoxy) is 1. The van der Waals surface area contributed by atoms with Gasteiger partial charge < -0.3 is 4.74 Å². The second-order valence-corrected chi connectivity index (χ2v) is 3.84. The summed E-state index contributed by atoms with van der Waals surface area (Å²) < 4.78 is 17.7. The highest BCUT2D eigenvalue weighted by atomic mass is 19.1. The van der Waals surface area contributed by atoms with Crippen molar-refractivity contribution >= 4 is 5.78 Å². The second-order valence-electron chi connectivity index (χ2n) is 3.84. The minimum absolute atomic E-state index is 0.0759. The number of rotatable bonds is 4. The summed E-state index contributed by atoms with van der Waals surface area (Å²) in [6.07, 6.45) is 3.25. The number of pyridine rings is 1. The molecule has 0 atom stereocenters. The van der Waals surface area contributed by atoms with Gasteiger partial charge in [-0.3, -0.25) is 9.78 Å². The Labute approximate surface area is 104 Å². The lowest BCUT2D eigenvalue weighted by Crippen LogP contribution is -2.04. The quantitative estimate of drug-likeness (QED) is 0.777. The van der Waals surface area contributed by atoms with Crippen molar-refractivity contribution in [3.8, 4) is 5.75 Å². The van der Waals surface area contributed by atoms with E-state index in [1.807, 2.05) is 0 Å². The van der Waals surface area contributed by atoms with Crippen LogP contribution in [0.1, 0.15) is 15.9 Å². The van der Waals surface area contributed by atoms with Crippen LogP contribution in [0.5, 0.6) is 5.75 Å². The molecule has 0 radical (unpaired) electrons. The van der Waals surface area contributed by atoms with Crippen molar-refractivity contribution in [2.45, 2.75) is 6.42 Å². The summed E-state index contributed by atoms with van der Waals surface area (Å²) in [6, 6.07) is 7.51. The number of aromatic nitrogens is 1. The number of nitrogens with zero attached hydrogens (tertiary/aromatic N) is 1. The van der Waals surface area contributed by atoms with Crippen LogP contribution in [0.3, 0.4) is 0 Å². The molecule has 0 N–H and O–H groups in total. The van der Waals surface area contributed by atoms with E-state index in [9.17, 15) is 9.18 Å². The summed E-state index contributed by atoms with van der Waals surface area (Å²) >= 11 is 0. The summed E-state index contributed by atoms with van der Waals surface area (Å²) in [5.41, 5.74) is 1.25. The third-order valence-corrected chi connectivity index (χ3v) is 2.55. The van der Waals surface area contributed by atoms with Crippen LogP contribution < -0.4 is 4.74 Å². The van der Waals surface area contributed by atoms with Gasteiger partial charge in [-0.05, 0) is 23.8 Å². The fourth-order valence-corrected chi connectivity index (χ4v) is 1.57. The summed E-state index contributed by atoms with van der Waals surface area (Å²) in [6.45, 7) is 0. The average Bonchev–Trinajstić information content (AvgIpc) is 2.41. The first-order valence-electron chi connectivity index (χ1n) is 5.46. The number of halogens is 1. The Balaban J connectivity index is 2.14. The Morgan fingerprint density at radius 3 is 2.67 bits per heavy atom. The predicted molar refractivity (Wildman–Crippen MR) is 65.2 cm³/mol. The molecule has 0 unspecified atom stereocenters. The fraction of sp³-hybridized carbons (Fsp3) is 0.143. The Kier molecular flexibility index (Phi) is 3.67. The van der Waals surface area contributed by atoms with Crippen molar-refractivity contribution in [3.63, 3.8) is 0 Å². The summed E-state index contributed by atoms with van der Waals surface area (Å²) in [5, 5.41) is 0. The normalized spacial score (nSPS) is 10.1. The van der Waals surface area contributed by atoms with Gasteiger partial charge in [-0.15, -0.1) is 0 Å². The Bertz CT molecular complexity index is 552. The minimum atomic E-state index is -0.311. The number of carbonyl (C=O) groups is 1. The second kappa shape index (κ2) is 5.40. The van der Waals surface area contributed by atoms with Crippen LogP contribution in [0.15, 0.2) is 42.7 Å². The van der Waals surface area contributed by atoms with E-state index >= 15 is 0 Å². The molecule has 0 fully saturated rings. The zero-order chi connectivity index (χ0) is 13.0. The molecular formula is C14H12FNO2. The van der Waals surface area contributed by atoms with E-state index < -0.39 is 0 Å². The first-order chi connectivity index (χ1) is 8.69. The average molecular weight is 245 g/mol. The summed E-state index contributed by atoms with van der Waals surface area (Å²) in [7, 11) is 1.52. The van der Waals surface area contributed by atoms with Crippen molar-refractivity contribution in [1.29, 1.82) is 0 Å². The molecule has 4 heteroatoms. The topological polar surface area (TPSA) is 39.2 Å². The van der Waals surface area contributed by atoms with Gasteiger partial charge in [-0.25, -0.2) is 4.39 Å². The van der Waals surface area contributed by atoms with Gasteiger partial charge in [0.05, 0.1) is 13.3 Å². The molecule has 3 nitrogen and oxygen atoms in total. The third-order valence-electron chi connectivity index (χ3n) is 2.55. The molecule has 0 aliphatic heterocycles. The molecule has 1 aromatic carbocycles. The molecule has 0 aliphatic rings. The van der Waals surface area contributed by atoms with E-state index in [2.05, 4.69) is 4.98 Å². The molecule has 0 saturated heterocycles. The standard InChI is InChI=1S/C14H12FNO2/c1-18-13-7-11(8-16-9-13)14(17)6-10-2-4-12(15)5-3-10/h2-5,7-9H,6H2,1H3. The van der Waals surface area contributed by atoms with Gasteiger partial charge in [-0.1, -0.05) is 12.1 Å². The minimum Gasteiger partial charge on any atom is -0.495 e. The van der Waals surface area contributed by atoms with Crippen LogP contribution in [0.4, 0.5) is 4.39 Å². The highest BCUT2D eigenvalue weighted by molar-refractivity contribution is 5.97. The molecule has 1 heterocycles. The van der Waals surface area contributed by atoms with Crippen molar-refractivity contribution in [1.82, 2.24) is 4.98 Å². The molecule has 0 spiro atoms. The Morgan fingerprint density at radius 1 is 1.28 bits per heavy atom. The summed E-state index contributed by atoms with van der Waals surface area (Å²) in [5.74, 6) is 0.155. The predicted octanol–water partition coefficient (Wildman–Crippen LogP) is 2.65. The lowest BCUT2D eigenvalue weighted by molar-refractivity contribution is 0.0992. The molecule has 2 rings (SSSR count). The molecule has 0 bridgehead atoms. The first-order valence-corrected chi connectivity index (χ1v) is 5.46. The van der Waals surface area contributed by atoms with Crippen LogP contribution >= 0.6 is 0 Å². The Morgan fingerprint density at radius 2 is 2.00 bits per heavy atom. The van der Waals surface area contributed by atoms with E-state index in [1.165, 1.54) is 31.6 Å². The number of hydrogen-bond donors (Lipinski definition) is 0. The van der Waals surface area contributed by atoms with E-state index in [0.29, 0.717) is 11.3 Å². The lowest BCUT2D eigenvalue weighted by atomic mass is 10.0. The largest absolute Gasteiger partial charge is 0.495 e. The number of carbonyl (C=O) groups excluding carboxylic acids is 1. The van der Waals surface area contributed by atoms with Crippen molar-refractivity contribution in [2.75, 3.05) is 7.11 Å². The molecule has 92 valence electrons. The summed E-state index contributed by atoms with van der Waals surface area (Å²) in [4.78, 5) is 15.9. The molecule has 0 aliphatic carbocycles. The van der Waals surface area contributed by atoms with Crippen LogP contribution in [0.25, 0.3) is 0 Å². The molecular weight excluding hydrogens is 233 g/mol. The maximum Gasteiger partial charge on any atom is 0.168 e. The van der Waals surface area contributed by atoms with Gasteiger partial charge in [0.1, 0.15) is 11.6 Å². The molecule has 0 saturated carbocycles. The number of hydrogen-bond acceptors (Lipinski definition) is 3. The maximum absolute atomic E-state index is 12.7. The number of Topliss-reactive ketones (excluding diaryl/α,β-unsaturated/α-hetero) is 1. The van der Waals surface area contributed by atoms with Gasteiger partial charge in [0.2, 0.25) is 0 Å². The number of methoxy groups -OCH3 is 1. The van der Waals surface area contributed by atoms with Crippen LogP contribution in [0, 0.1) is 5.82 Å². The monoisotopic (exact) mass is 245 g/mol. The molecule has 0 amide bonds. The van der Waals surface area contributed by atoms with Crippen molar-refractivity contribution in [2.24, 2.45) is 0 Å². The number of ketones is 1. The number of benzene rings is 1.